The molecule has 0 spiro atoms. The third-order valence-corrected chi connectivity index (χ3v) is 3.93. The van der Waals surface area contributed by atoms with E-state index in [4.69, 9.17) is 0 Å². The fraction of sp³-hybridized carbons (Fsp3) is 1.00. The highest BCUT2D eigenvalue weighted by Crippen LogP contribution is 2.55. The Balaban J connectivity index is 2.85. The van der Waals surface area contributed by atoms with E-state index in [1.165, 1.54) is 0 Å². The van der Waals surface area contributed by atoms with E-state index in [-0.39, 0.29) is 24.2 Å². The van der Waals surface area contributed by atoms with Crippen molar-refractivity contribution in [2.45, 2.75) is 52.9 Å². The van der Waals surface area contributed by atoms with E-state index in [9.17, 15) is 8.78 Å². The van der Waals surface area contributed by atoms with E-state index in [1.54, 1.807) is 0 Å². The summed E-state index contributed by atoms with van der Waals surface area (Å²) >= 11 is 0. The van der Waals surface area contributed by atoms with Gasteiger partial charge >= 0.3 is 0 Å². The molecule has 13 heavy (non-hydrogen) atoms. The summed E-state index contributed by atoms with van der Waals surface area (Å²) in [4.78, 5) is 0. The summed E-state index contributed by atoms with van der Waals surface area (Å²) in [5.74, 6) is -1.87. The van der Waals surface area contributed by atoms with E-state index in [0.29, 0.717) is 5.92 Å². The molecule has 1 rings (SSSR count). The lowest BCUT2D eigenvalue weighted by Gasteiger charge is -2.34. The molecule has 0 aromatic carbocycles. The molecule has 0 amide bonds. The second kappa shape index (κ2) is 3.21. The normalized spacial score (nSPS) is 38.5. The number of hydrogen-bond acceptors (Lipinski definition) is 0. The Kier molecular flexibility index (Phi) is 2.70. The molecule has 0 nitrogen and oxygen atoms in total. The lowest BCUT2D eigenvalue weighted by atomic mass is 9.70. The zero-order valence-electron chi connectivity index (χ0n) is 9.03. The molecule has 78 valence electrons. The molecular weight excluding hydrogens is 170 g/mol. The van der Waals surface area contributed by atoms with Crippen LogP contribution in [0.1, 0.15) is 47.0 Å². The van der Waals surface area contributed by atoms with Crippen molar-refractivity contribution in [3.63, 3.8) is 0 Å². The maximum atomic E-state index is 13.2. The molecule has 0 aromatic heterocycles. The van der Waals surface area contributed by atoms with Gasteiger partial charge in [0, 0.05) is 12.8 Å². The lowest BCUT2D eigenvalue weighted by molar-refractivity contribution is -0.00728. The van der Waals surface area contributed by atoms with Gasteiger partial charge in [-0.3, -0.25) is 0 Å². The molecule has 1 fully saturated rings. The van der Waals surface area contributed by atoms with E-state index in [2.05, 4.69) is 13.8 Å². The number of alkyl halides is 2. The van der Waals surface area contributed by atoms with Crippen LogP contribution in [0.4, 0.5) is 8.78 Å². The van der Waals surface area contributed by atoms with Crippen molar-refractivity contribution >= 4 is 0 Å². The van der Waals surface area contributed by atoms with Crippen LogP contribution in [0, 0.1) is 17.3 Å². The van der Waals surface area contributed by atoms with Gasteiger partial charge in [0.05, 0.1) is 0 Å². The first-order valence-corrected chi connectivity index (χ1v) is 5.19. The Labute approximate surface area is 79.7 Å². The third-order valence-electron chi connectivity index (χ3n) is 3.93. The standard InChI is InChI=1S/C11H20F2/c1-5-9-6-11(12,13)7-10(9,4)8(2)3/h8-9H,5-7H2,1-4H3. The molecule has 0 aromatic rings. The van der Waals surface area contributed by atoms with Crippen LogP contribution in [-0.4, -0.2) is 5.92 Å². The summed E-state index contributed by atoms with van der Waals surface area (Å²) in [5.41, 5.74) is -0.155. The molecule has 0 heterocycles. The van der Waals surface area contributed by atoms with Gasteiger partial charge in [-0.2, -0.15) is 0 Å². The summed E-state index contributed by atoms with van der Waals surface area (Å²) in [6.45, 7) is 8.16. The van der Waals surface area contributed by atoms with Crippen LogP contribution in [0.2, 0.25) is 0 Å². The average molecular weight is 190 g/mol. The van der Waals surface area contributed by atoms with Crippen molar-refractivity contribution in [1.29, 1.82) is 0 Å². The minimum absolute atomic E-state index is 0.0795. The molecule has 0 aliphatic heterocycles. The summed E-state index contributed by atoms with van der Waals surface area (Å²) in [5, 5.41) is 0. The average Bonchev–Trinajstić information content (AvgIpc) is 2.22. The number of hydrogen-bond donors (Lipinski definition) is 0. The molecular formula is C11H20F2. The van der Waals surface area contributed by atoms with Gasteiger partial charge in [0.1, 0.15) is 0 Å². The van der Waals surface area contributed by atoms with Crippen molar-refractivity contribution in [1.82, 2.24) is 0 Å². The number of rotatable bonds is 2. The molecule has 0 bridgehead atoms. The van der Waals surface area contributed by atoms with Crippen LogP contribution in [0.3, 0.4) is 0 Å². The van der Waals surface area contributed by atoms with Gasteiger partial charge in [0.2, 0.25) is 5.92 Å². The monoisotopic (exact) mass is 190 g/mol. The Bertz CT molecular complexity index is 187. The maximum Gasteiger partial charge on any atom is 0.249 e. The smallest absolute Gasteiger partial charge is 0.207 e. The Hall–Kier alpha value is -0.140. The zero-order valence-corrected chi connectivity index (χ0v) is 9.03. The first-order chi connectivity index (χ1) is 5.82. The predicted molar refractivity (Wildman–Crippen MR) is 50.9 cm³/mol. The first kappa shape index (κ1) is 10.9. The first-order valence-electron chi connectivity index (χ1n) is 5.19. The largest absolute Gasteiger partial charge is 0.249 e. The highest BCUT2D eigenvalue weighted by Gasteiger charge is 2.53. The van der Waals surface area contributed by atoms with Crippen molar-refractivity contribution in [3.05, 3.63) is 0 Å². The van der Waals surface area contributed by atoms with Gasteiger partial charge in [-0.25, -0.2) is 8.78 Å². The van der Waals surface area contributed by atoms with E-state index < -0.39 is 5.92 Å². The minimum atomic E-state index is -2.42. The van der Waals surface area contributed by atoms with Crippen molar-refractivity contribution < 1.29 is 8.78 Å². The van der Waals surface area contributed by atoms with Crippen molar-refractivity contribution in [3.8, 4) is 0 Å². The summed E-state index contributed by atoms with van der Waals surface area (Å²) in [6.07, 6.45) is 1.05. The van der Waals surface area contributed by atoms with Crippen LogP contribution in [0.25, 0.3) is 0 Å². The molecule has 0 radical (unpaired) electrons. The van der Waals surface area contributed by atoms with E-state index in [0.717, 1.165) is 6.42 Å². The van der Waals surface area contributed by atoms with Crippen molar-refractivity contribution in [2.75, 3.05) is 0 Å². The molecule has 2 unspecified atom stereocenters. The van der Waals surface area contributed by atoms with E-state index >= 15 is 0 Å². The maximum absolute atomic E-state index is 13.2. The third kappa shape index (κ3) is 1.87. The minimum Gasteiger partial charge on any atom is -0.207 e. The lowest BCUT2D eigenvalue weighted by Crippen LogP contribution is -2.28. The molecule has 2 heteroatoms. The molecule has 2 atom stereocenters. The Morgan fingerprint density at radius 2 is 1.92 bits per heavy atom. The van der Waals surface area contributed by atoms with Crippen LogP contribution in [0.5, 0.6) is 0 Å². The van der Waals surface area contributed by atoms with E-state index in [1.807, 2.05) is 13.8 Å². The highest BCUT2D eigenvalue weighted by atomic mass is 19.3. The highest BCUT2D eigenvalue weighted by molar-refractivity contribution is 4.97. The Morgan fingerprint density at radius 1 is 1.38 bits per heavy atom. The quantitative estimate of drug-likeness (QED) is 0.615. The summed E-state index contributed by atoms with van der Waals surface area (Å²) < 4.78 is 26.5. The molecule has 0 N–H and O–H groups in total. The second-order valence-electron chi connectivity index (χ2n) is 5.00. The molecule has 1 aliphatic rings. The van der Waals surface area contributed by atoms with Gasteiger partial charge in [0.25, 0.3) is 0 Å². The molecule has 1 aliphatic carbocycles. The summed E-state index contributed by atoms with van der Waals surface area (Å²) in [6, 6.07) is 0. The number of halogens is 2. The van der Waals surface area contributed by atoms with Crippen LogP contribution in [0.15, 0.2) is 0 Å². The fourth-order valence-electron chi connectivity index (χ4n) is 2.65. The Morgan fingerprint density at radius 3 is 2.23 bits per heavy atom. The van der Waals surface area contributed by atoms with Gasteiger partial charge in [-0.1, -0.05) is 34.1 Å². The zero-order chi connectivity index (χ0) is 10.3. The van der Waals surface area contributed by atoms with Crippen LogP contribution < -0.4 is 0 Å². The van der Waals surface area contributed by atoms with Gasteiger partial charge in [0.15, 0.2) is 0 Å². The molecule has 0 saturated heterocycles. The fourth-order valence-corrected chi connectivity index (χ4v) is 2.65. The second-order valence-corrected chi connectivity index (χ2v) is 5.00. The topological polar surface area (TPSA) is 0 Å². The van der Waals surface area contributed by atoms with Crippen LogP contribution in [-0.2, 0) is 0 Å². The van der Waals surface area contributed by atoms with Crippen LogP contribution >= 0.6 is 0 Å². The van der Waals surface area contributed by atoms with Crippen molar-refractivity contribution in [2.24, 2.45) is 17.3 Å². The molecule has 1 saturated carbocycles. The van der Waals surface area contributed by atoms with Gasteiger partial charge < -0.3 is 0 Å². The predicted octanol–water partition coefficient (Wildman–Crippen LogP) is 4.10. The van der Waals surface area contributed by atoms with Gasteiger partial charge in [-0.15, -0.1) is 0 Å². The SMILES string of the molecule is CCC1CC(F)(F)CC1(C)C(C)C. The summed E-state index contributed by atoms with van der Waals surface area (Å²) in [7, 11) is 0. The van der Waals surface area contributed by atoms with Gasteiger partial charge in [-0.05, 0) is 17.3 Å².